The lowest BCUT2D eigenvalue weighted by Gasteiger charge is -2.25. The Morgan fingerprint density at radius 1 is 0.446 bits per heavy atom. The Labute approximate surface area is 321 Å². The third kappa shape index (κ3) is 4.48. The first-order valence-electron chi connectivity index (χ1n) is 18.5. The summed E-state index contributed by atoms with van der Waals surface area (Å²) in [5.41, 5.74) is 10.5. The summed E-state index contributed by atoms with van der Waals surface area (Å²) in [6.45, 7) is 0. The summed E-state index contributed by atoms with van der Waals surface area (Å²) in [6.07, 6.45) is 0. The largest absolute Gasteiger partial charge is 0.455 e. The quantitative estimate of drug-likeness (QED) is 0.178. The van der Waals surface area contributed by atoms with Crippen LogP contribution in [0.2, 0.25) is 0 Å². The highest BCUT2D eigenvalue weighted by molar-refractivity contribution is 6.24. The highest BCUT2D eigenvalue weighted by atomic mass is 16.3. The molecule has 0 atom stereocenters. The van der Waals surface area contributed by atoms with Crippen molar-refractivity contribution in [3.8, 4) is 23.5 Å². The van der Waals surface area contributed by atoms with Crippen LogP contribution in [-0.2, 0) is 0 Å². The molecular weight excluding hydrogens is 687 g/mol. The van der Waals surface area contributed by atoms with E-state index in [9.17, 15) is 10.5 Å². The molecule has 0 bridgehead atoms. The molecule has 260 valence electrons. The van der Waals surface area contributed by atoms with Crippen LogP contribution in [-0.4, -0.2) is 9.13 Å². The maximum absolute atomic E-state index is 10.9. The Morgan fingerprint density at radius 3 is 1.70 bits per heavy atom. The first-order chi connectivity index (χ1) is 27.7. The van der Waals surface area contributed by atoms with E-state index < -0.39 is 0 Å². The molecule has 11 aromatic rings. The van der Waals surface area contributed by atoms with Gasteiger partial charge in [0.2, 0.25) is 0 Å². The molecule has 0 aliphatic rings. The van der Waals surface area contributed by atoms with Gasteiger partial charge in [0.25, 0.3) is 0 Å². The molecule has 0 saturated heterocycles. The maximum atomic E-state index is 10.9. The predicted molar refractivity (Wildman–Crippen MR) is 227 cm³/mol. The Balaban J connectivity index is 1.30. The third-order valence-electron chi connectivity index (χ3n) is 11.0. The molecule has 56 heavy (non-hydrogen) atoms. The zero-order valence-corrected chi connectivity index (χ0v) is 29.9. The van der Waals surface area contributed by atoms with Crippen LogP contribution in [0.1, 0.15) is 11.1 Å². The first-order valence-corrected chi connectivity index (χ1v) is 18.5. The van der Waals surface area contributed by atoms with Crippen molar-refractivity contribution < 1.29 is 4.42 Å². The highest BCUT2D eigenvalue weighted by Gasteiger charge is 2.26. The average Bonchev–Trinajstić information content (AvgIpc) is 3.91. The standard InChI is InChI=1S/C50H29N5O/c51-30-32-23-26-46(49(41(32)31-52)55-42-20-10-7-17-36(42)37-18-8-11-21-43(37)55)54-44-27-24-35(53(33-13-3-1-4-14-33)34-15-5-2-6-16-34)29-40(44)48-45(54)28-25-39-38-19-9-12-22-47(38)56-50(39)48/h1-29H. The normalized spacial score (nSPS) is 11.5. The summed E-state index contributed by atoms with van der Waals surface area (Å²) in [5, 5.41) is 27.5. The molecule has 0 saturated carbocycles. The number of aromatic nitrogens is 2. The lowest BCUT2D eigenvalue weighted by atomic mass is 10.0. The van der Waals surface area contributed by atoms with Gasteiger partial charge in [-0.3, -0.25) is 0 Å². The van der Waals surface area contributed by atoms with Crippen molar-refractivity contribution in [2.45, 2.75) is 0 Å². The molecule has 0 aliphatic heterocycles. The second-order valence-corrected chi connectivity index (χ2v) is 13.9. The van der Waals surface area contributed by atoms with Gasteiger partial charge < -0.3 is 18.5 Å². The topological polar surface area (TPSA) is 73.8 Å². The third-order valence-corrected chi connectivity index (χ3v) is 11.0. The van der Waals surface area contributed by atoms with Crippen molar-refractivity contribution in [2.75, 3.05) is 4.90 Å². The van der Waals surface area contributed by atoms with Crippen LogP contribution in [0.25, 0.3) is 76.9 Å². The van der Waals surface area contributed by atoms with E-state index in [-0.39, 0.29) is 0 Å². The fraction of sp³-hybridized carbons (Fsp3) is 0. The lowest BCUT2D eigenvalue weighted by Crippen LogP contribution is -2.09. The Morgan fingerprint density at radius 2 is 1.04 bits per heavy atom. The van der Waals surface area contributed by atoms with Gasteiger partial charge in [0.15, 0.2) is 0 Å². The SMILES string of the molecule is N#Cc1ccc(-n2c3ccc(N(c4ccccc4)c4ccccc4)cc3c3c4oc5ccccc5c4ccc32)c(-n2c3ccccc3c3ccccc32)c1C#N. The van der Waals surface area contributed by atoms with Gasteiger partial charge in [-0.1, -0.05) is 91.0 Å². The monoisotopic (exact) mass is 715 g/mol. The van der Waals surface area contributed by atoms with Gasteiger partial charge in [-0.15, -0.1) is 0 Å². The summed E-state index contributed by atoms with van der Waals surface area (Å²) < 4.78 is 11.1. The molecule has 0 unspecified atom stereocenters. The number of rotatable bonds is 5. The van der Waals surface area contributed by atoms with Crippen LogP contribution in [0.3, 0.4) is 0 Å². The molecule has 11 rings (SSSR count). The van der Waals surface area contributed by atoms with E-state index in [0.717, 1.165) is 88.3 Å². The number of furan rings is 1. The van der Waals surface area contributed by atoms with E-state index in [0.29, 0.717) is 16.8 Å². The minimum absolute atomic E-state index is 0.312. The van der Waals surface area contributed by atoms with Gasteiger partial charge in [-0.25, -0.2) is 0 Å². The second kappa shape index (κ2) is 12.2. The van der Waals surface area contributed by atoms with Crippen LogP contribution in [0.4, 0.5) is 17.1 Å². The van der Waals surface area contributed by atoms with Crippen molar-refractivity contribution >= 4 is 82.6 Å². The maximum Gasteiger partial charge on any atom is 0.145 e. The number of hydrogen-bond acceptors (Lipinski definition) is 4. The molecule has 0 N–H and O–H groups in total. The van der Waals surface area contributed by atoms with Crippen LogP contribution in [0.5, 0.6) is 0 Å². The van der Waals surface area contributed by atoms with E-state index in [1.54, 1.807) is 6.07 Å². The summed E-state index contributed by atoms with van der Waals surface area (Å²) in [6, 6.07) is 64.8. The Bertz CT molecular complexity index is 3360. The fourth-order valence-electron chi connectivity index (χ4n) is 8.63. The molecule has 0 fully saturated rings. The van der Waals surface area contributed by atoms with Gasteiger partial charge in [0.05, 0.1) is 50.0 Å². The summed E-state index contributed by atoms with van der Waals surface area (Å²) >= 11 is 0. The molecule has 0 aliphatic carbocycles. The molecule has 8 aromatic carbocycles. The van der Waals surface area contributed by atoms with Crippen molar-refractivity contribution in [3.63, 3.8) is 0 Å². The highest BCUT2D eigenvalue weighted by Crippen LogP contribution is 2.45. The Kier molecular flexibility index (Phi) is 6.88. The number of anilines is 3. The van der Waals surface area contributed by atoms with Gasteiger partial charge in [0, 0.05) is 44.0 Å². The number of hydrogen-bond donors (Lipinski definition) is 0. The fourth-order valence-corrected chi connectivity index (χ4v) is 8.63. The van der Waals surface area contributed by atoms with E-state index in [4.69, 9.17) is 4.42 Å². The molecule has 0 amide bonds. The number of para-hydroxylation sites is 5. The van der Waals surface area contributed by atoms with Crippen molar-refractivity contribution in [1.82, 2.24) is 9.13 Å². The van der Waals surface area contributed by atoms with Crippen LogP contribution < -0.4 is 4.90 Å². The average molecular weight is 716 g/mol. The number of benzene rings is 8. The minimum Gasteiger partial charge on any atom is -0.455 e. The van der Waals surface area contributed by atoms with E-state index in [1.165, 1.54) is 0 Å². The zero-order valence-electron chi connectivity index (χ0n) is 29.9. The van der Waals surface area contributed by atoms with Gasteiger partial charge in [-0.2, -0.15) is 10.5 Å². The number of fused-ring (bicyclic) bond motifs is 10. The molecule has 6 heteroatoms. The van der Waals surface area contributed by atoms with Crippen molar-refractivity contribution in [3.05, 3.63) is 187 Å². The number of nitriles is 2. The lowest BCUT2D eigenvalue weighted by molar-refractivity contribution is 0.673. The molecular formula is C50H29N5O. The smallest absolute Gasteiger partial charge is 0.145 e. The van der Waals surface area contributed by atoms with Crippen LogP contribution in [0, 0.1) is 22.7 Å². The number of nitrogens with zero attached hydrogens (tertiary/aromatic N) is 5. The van der Waals surface area contributed by atoms with Crippen LogP contribution in [0.15, 0.2) is 180 Å². The summed E-state index contributed by atoms with van der Waals surface area (Å²) in [5.74, 6) is 0. The zero-order chi connectivity index (χ0) is 37.3. The molecule has 3 aromatic heterocycles. The predicted octanol–water partition coefficient (Wildman–Crippen LogP) is 13.0. The van der Waals surface area contributed by atoms with E-state index in [2.05, 4.69) is 135 Å². The van der Waals surface area contributed by atoms with Gasteiger partial charge in [-0.05, 0) is 84.9 Å². The summed E-state index contributed by atoms with van der Waals surface area (Å²) in [7, 11) is 0. The molecule has 6 nitrogen and oxygen atoms in total. The van der Waals surface area contributed by atoms with Gasteiger partial charge >= 0.3 is 0 Å². The van der Waals surface area contributed by atoms with Crippen LogP contribution >= 0.6 is 0 Å². The van der Waals surface area contributed by atoms with Crippen molar-refractivity contribution in [2.24, 2.45) is 0 Å². The molecule has 0 spiro atoms. The first kappa shape index (κ1) is 31.5. The Hall–Kier alpha value is -8.06. The van der Waals surface area contributed by atoms with Gasteiger partial charge in [0.1, 0.15) is 23.3 Å². The minimum atomic E-state index is 0.312. The van der Waals surface area contributed by atoms with Crippen molar-refractivity contribution in [1.29, 1.82) is 10.5 Å². The van der Waals surface area contributed by atoms with E-state index in [1.807, 2.05) is 60.7 Å². The van der Waals surface area contributed by atoms with E-state index >= 15 is 0 Å². The second-order valence-electron chi connectivity index (χ2n) is 13.9. The molecule has 0 radical (unpaired) electrons. The summed E-state index contributed by atoms with van der Waals surface area (Å²) in [4.78, 5) is 2.26. The molecule has 3 heterocycles.